The predicted octanol–water partition coefficient (Wildman–Crippen LogP) is 3.00. The summed E-state index contributed by atoms with van der Waals surface area (Å²) >= 11 is 0. The average Bonchev–Trinajstić information content (AvgIpc) is 2.40. The van der Waals surface area contributed by atoms with Crippen LogP contribution in [0.2, 0.25) is 0 Å². The van der Waals surface area contributed by atoms with Gasteiger partial charge in [-0.1, -0.05) is 26.7 Å². The largest absolute Gasteiger partial charge is 0.397 e. The van der Waals surface area contributed by atoms with E-state index in [-0.39, 0.29) is 5.91 Å². The molecule has 1 aromatic rings. The first-order valence-corrected chi connectivity index (χ1v) is 7.10. The highest BCUT2D eigenvalue weighted by molar-refractivity contribution is 5.95. The van der Waals surface area contributed by atoms with Crippen molar-refractivity contribution in [3.63, 3.8) is 0 Å². The molecule has 0 fully saturated rings. The van der Waals surface area contributed by atoms with Crippen LogP contribution in [0.1, 0.15) is 38.7 Å². The lowest BCUT2D eigenvalue weighted by Gasteiger charge is -2.21. The van der Waals surface area contributed by atoms with Gasteiger partial charge in [0.25, 0.3) is 0 Å². The van der Waals surface area contributed by atoms with Gasteiger partial charge in [-0.15, -0.1) is 0 Å². The van der Waals surface area contributed by atoms with E-state index in [4.69, 9.17) is 5.73 Å². The summed E-state index contributed by atoms with van der Waals surface area (Å²) in [6, 6.07) is 3.94. The highest BCUT2D eigenvalue weighted by Gasteiger charge is 2.16. The Kier molecular flexibility index (Phi) is 4.30. The molecule has 2 rings (SSSR count). The molecule has 1 aliphatic heterocycles. The third-order valence-electron chi connectivity index (χ3n) is 3.91. The van der Waals surface area contributed by atoms with Crippen LogP contribution in [-0.2, 0) is 11.2 Å². The Bertz CT molecular complexity index is 467. The van der Waals surface area contributed by atoms with Gasteiger partial charge in [0.2, 0.25) is 5.91 Å². The van der Waals surface area contributed by atoms with Crippen molar-refractivity contribution >= 4 is 23.0 Å². The Morgan fingerprint density at radius 2 is 2.05 bits per heavy atom. The standard InChI is InChI=1S/C15H23N3O/c1-3-10(4-2)9-17-14-7-11-5-6-15(19)18-13(11)8-12(14)16/h7-8,10,17H,3-6,9,16H2,1-2H3,(H,18,19). The Hall–Kier alpha value is -1.71. The van der Waals surface area contributed by atoms with Gasteiger partial charge >= 0.3 is 0 Å². The highest BCUT2D eigenvalue weighted by Crippen LogP contribution is 2.31. The molecule has 4 N–H and O–H groups in total. The van der Waals surface area contributed by atoms with Gasteiger partial charge in [0, 0.05) is 18.7 Å². The molecule has 1 aliphatic rings. The van der Waals surface area contributed by atoms with Crippen molar-refractivity contribution in [2.24, 2.45) is 5.92 Å². The number of nitrogens with two attached hydrogens (primary N) is 1. The Morgan fingerprint density at radius 3 is 2.74 bits per heavy atom. The third-order valence-corrected chi connectivity index (χ3v) is 3.91. The molecule has 1 amide bonds. The van der Waals surface area contributed by atoms with Crippen molar-refractivity contribution < 1.29 is 4.79 Å². The maximum atomic E-state index is 11.3. The van der Waals surface area contributed by atoms with Crippen LogP contribution < -0.4 is 16.4 Å². The van der Waals surface area contributed by atoms with E-state index in [9.17, 15) is 4.79 Å². The monoisotopic (exact) mass is 261 g/mol. The number of amides is 1. The number of hydrogen-bond acceptors (Lipinski definition) is 3. The minimum Gasteiger partial charge on any atom is -0.397 e. The van der Waals surface area contributed by atoms with Crippen LogP contribution in [0.15, 0.2) is 12.1 Å². The molecule has 4 heteroatoms. The molecule has 0 saturated heterocycles. The topological polar surface area (TPSA) is 67.2 Å². The number of nitrogens with one attached hydrogen (secondary N) is 2. The zero-order valence-corrected chi connectivity index (χ0v) is 11.8. The van der Waals surface area contributed by atoms with Crippen LogP contribution in [0.25, 0.3) is 0 Å². The second-order valence-corrected chi connectivity index (χ2v) is 5.21. The highest BCUT2D eigenvalue weighted by atomic mass is 16.1. The predicted molar refractivity (Wildman–Crippen MR) is 80.4 cm³/mol. The van der Waals surface area contributed by atoms with Crippen LogP contribution in [0.3, 0.4) is 0 Å². The molecule has 104 valence electrons. The fourth-order valence-electron chi connectivity index (χ4n) is 2.43. The van der Waals surface area contributed by atoms with Crippen LogP contribution in [0.4, 0.5) is 17.1 Å². The number of hydrogen-bond donors (Lipinski definition) is 3. The lowest BCUT2D eigenvalue weighted by molar-refractivity contribution is -0.116. The molecule has 1 heterocycles. The Balaban J connectivity index is 2.12. The second-order valence-electron chi connectivity index (χ2n) is 5.21. The summed E-state index contributed by atoms with van der Waals surface area (Å²) in [6.45, 7) is 5.37. The first-order valence-electron chi connectivity index (χ1n) is 7.10. The fraction of sp³-hybridized carbons (Fsp3) is 0.533. The van der Waals surface area contributed by atoms with Crippen LogP contribution >= 0.6 is 0 Å². The van der Waals surface area contributed by atoms with Gasteiger partial charge in [0.1, 0.15) is 0 Å². The van der Waals surface area contributed by atoms with Crippen LogP contribution in [0, 0.1) is 5.92 Å². The molecule has 0 aromatic heterocycles. The summed E-state index contributed by atoms with van der Waals surface area (Å²) in [4.78, 5) is 11.3. The molecule has 1 aromatic carbocycles. The summed E-state index contributed by atoms with van der Waals surface area (Å²) in [5.74, 6) is 0.750. The molecule has 0 aliphatic carbocycles. The molecule has 19 heavy (non-hydrogen) atoms. The zero-order chi connectivity index (χ0) is 13.8. The van der Waals surface area contributed by atoms with Crippen molar-refractivity contribution in [3.8, 4) is 0 Å². The summed E-state index contributed by atoms with van der Waals surface area (Å²) in [5.41, 5.74) is 9.76. The normalized spacial score (nSPS) is 14.2. The van der Waals surface area contributed by atoms with Crippen molar-refractivity contribution in [1.82, 2.24) is 0 Å². The molecule has 4 nitrogen and oxygen atoms in total. The zero-order valence-electron chi connectivity index (χ0n) is 11.8. The van der Waals surface area contributed by atoms with Crippen molar-refractivity contribution in [2.45, 2.75) is 39.5 Å². The lowest BCUT2D eigenvalue weighted by Crippen LogP contribution is -2.20. The molecular formula is C15H23N3O. The Labute approximate surface area is 114 Å². The summed E-state index contributed by atoms with van der Waals surface area (Å²) in [6.07, 6.45) is 3.69. The second kappa shape index (κ2) is 5.95. The number of aryl methyl sites for hydroxylation is 1. The van der Waals surface area contributed by atoms with E-state index in [0.29, 0.717) is 18.0 Å². The fourth-order valence-corrected chi connectivity index (χ4v) is 2.43. The SMILES string of the molecule is CCC(CC)CNc1cc2c(cc1N)NC(=O)CC2. The quantitative estimate of drug-likeness (QED) is 0.714. The number of nitrogen functional groups attached to an aromatic ring is 1. The molecule has 0 saturated carbocycles. The maximum absolute atomic E-state index is 11.3. The first-order chi connectivity index (χ1) is 9.13. The maximum Gasteiger partial charge on any atom is 0.224 e. The van der Waals surface area contributed by atoms with E-state index in [1.54, 1.807) is 0 Å². The molecule has 0 unspecified atom stereocenters. The number of anilines is 3. The lowest BCUT2D eigenvalue weighted by atomic mass is 10.0. The smallest absolute Gasteiger partial charge is 0.224 e. The molecule has 0 radical (unpaired) electrons. The van der Waals surface area contributed by atoms with Gasteiger partial charge in [-0.3, -0.25) is 4.79 Å². The minimum absolute atomic E-state index is 0.0737. The van der Waals surface area contributed by atoms with E-state index in [1.807, 2.05) is 6.07 Å². The van der Waals surface area contributed by atoms with Gasteiger partial charge in [-0.25, -0.2) is 0 Å². The number of benzene rings is 1. The summed E-state index contributed by atoms with van der Waals surface area (Å²) in [5, 5.41) is 6.31. The van der Waals surface area contributed by atoms with Crippen molar-refractivity contribution in [3.05, 3.63) is 17.7 Å². The minimum atomic E-state index is 0.0737. The summed E-state index contributed by atoms with van der Waals surface area (Å²) in [7, 11) is 0. The van der Waals surface area contributed by atoms with E-state index >= 15 is 0 Å². The number of fused-ring (bicyclic) bond motifs is 1. The molecule has 0 spiro atoms. The van der Waals surface area contributed by atoms with Gasteiger partial charge in [-0.05, 0) is 30.0 Å². The molecular weight excluding hydrogens is 238 g/mol. The van der Waals surface area contributed by atoms with Gasteiger partial charge in [0.05, 0.1) is 11.4 Å². The molecule has 0 atom stereocenters. The third kappa shape index (κ3) is 3.19. The van der Waals surface area contributed by atoms with Crippen molar-refractivity contribution in [1.29, 1.82) is 0 Å². The van der Waals surface area contributed by atoms with Gasteiger partial charge < -0.3 is 16.4 Å². The van der Waals surface area contributed by atoms with Gasteiger partial charge in [-0.2, -0.15) is 0 Å². The van der Waals surface area contributed by atoms with E-state index in [2.05, 4.69) is 30.5 Å². The number of carbonyl (C=O) groups excluding carboxylic acids is 1. The number of carbonyl (C=O) groups is 1. The van der Waals surface area contributed by atoms with E-state index in [0.717, 1.165) is 24.3 Å². The van der Waals surface area contributed by atoms with Crippen LogP contribution in [0.5, 0.6) is 0 Å². The van der Waals surface area contributed by atoms with E-state index < -0.39 is 0 Å². The van der Waals surface area contributed by atoms with Crippen LogP contribution in [-0.4, -0.2) is 12.5 Å². The first kappa shape index (κ1) is 13.7. The average molecular weight is 261 g/mol. The van der Waals surface area contributed by atoms with Crippen molar-refractivity contribution in [2.75, 3.05) is 22.9 Å². The summed E-state index contributed by atoms with van der Waals surface area (Å²) < 4.78 is 0. The Morgan fingerprint density at radius 1 is 1.32 bits per heavy atom. The number of rotatable bonds is 5. The van der Waals surface area contributed by atoms with Gasteiger partial charge in [0.15, 0.2) is 0 Å². The van der Waals surface area contributed by atoms with E-state index in [1.165, 1.54) is 18.4 Å². The molecule has 0 bridgehead atoms.